The minimum absolute atomic E-state index is 0.0573. The average Bonchev–Trinajstić information content (AvgIpc) is 3.18. The van der Waals surface area contributed by atoms with Crippen LogP contribution in [0.3, 0.4) is 0 Å². The van der Waals surface area contributed by atoms with Crippen LogP contribution in [0.5, 0.6) is 0 Å². The van der Waals surface area contributed by atoms with Gasteiger partial charge >= 0.3 is 0 Å². The second-order valence-electron chi connectivity index (χ2n) is 9.57. The number of rotatable bonds is 6. The van der Waals surface area contributed by atoms with Gasteiger partial charge in [-0.05, 0) is 56.0 Å². The Labute approximate surface area is 217 Å². The van der Waals surface area contributed by atoms with E-state index < -0.39 is 0 Å². The molecule has 3 aromatic rings. The number of carbonyl (C=O) groups excluding carboxylic acids is 1. The van der Waals surface area contributed by atoms with E-state index in [1.54, 1.807) is 11.3 Å². The highest BCUT2D eigenvalue weighted by atomic mass is 35.5. The molecule has 6 heteroatoms. The monoisotopic (exact) mass is 505 g/mol. The maximum atomic E-state index is 13.8. The van der Waals surface area contributed by atoms with E-state index in [4.69, 9.17) is 11.6 Å². The van der Waals surface area contributed by atoms with Crippen LogP contribution in [-0.2, 0) is 24.2 Å². The molecule has 182 valence electrons. The summed E-state index contributed by atoms with van der Waals surface area (Å²) in [4.78, 5) is 19.6. The van der Waals surface area contributed by atoms with Crippen LogP contribution < -0.4 is 10.2 Å². The molecule has 0 saturated heterocycles. The number of amides is 1. The van der Waals surface area contributed by atoms with Crippen molar-refractivity contribution in [2.75, 3.05) is 31.1 Å². The number of anilines is 1. The summed E-state index contributed by atoms with van der Waals surface area (Å²) in [5.41, 5.74) is 6.25. The largest absolute Gasteiger partial charge is 0.312 e. The molecule has 0 spiro atoms. The first-order valence-corrected chi connectivity index (χ1v) is 13.5. The van der Waals surface area contributed by atoms with Crippen molar-refractivity contribution in [1.82, 2.24) is 10.2 Å². The molecule has 2 aromatic carbocycles. The summed E-state index contributed by atoms with van der Waals surface area (Å²) < 4.78 is 0. The fourth-order valence-corrected chi connectivity index (χ4v) is 6.73. The van der Waals surface area contributed by atoms with Crippen molar-refractivity contribution in [3.05, 3.63) is 98.4 Å². The van der Waals surface area contributed by atoms with E-state index in [0.29, 0.717) is 19.6 Å². The predicted octanol–water partition coefficient (Wildman–Crippen LogP) is 5.99. The van der Waals surface area contributed by atoms with Gasteiger partial charge in [0.25, 0.3) is 0 Å². The van der Waals surface area contributed by atoms with Crippen LogP contribution >= 0.6 is 22.9 Å². The van der Waals surface area contributed by atoms with Gasteiger partial charge in [-0.3, -0.25) is 9.69 Å². The van der Waals surface area contributed by atoms with Crippen LogP contribution in [0.25, 0.3) is 0 Å². The lowest BCUT2D eigenvalue weighted by molar-refractivity contribution is -0.119. The predicted molar refractivity (Wildman–Crippen MR) is 147 cm³/mol. The van der Waals surface area contributed by atoms with Gasteiger partial charge < -0.3 is 10.2 Å². The summed E-state index contributed by atoms with van der Waals surface area (Å²) >= 11 is 8.61. The highest BCUT2D eigenvalue weighted by Gasteiger charge is 2.39. The third kappa shape index (κ3) is 5.10. The Balaban J connectivity index is 1.65. The van der Waals surface area contributed by atoms with Gasteiger partial charge in [0.05, 0.1) is 12.6 Å². The van der Waals surface area contributed by atoms with Gasteiger partial charge in [0.1, 0.15) is 5.00 Å². The number of allylic oxidation sites excluding steroid dienone is 1. The molecule has 1 amide bonds. The lowest BCUT2D eigenvalue weighted by Gasteiger charge is -2.31. The number of thiophene rings is 1. The zero-order chi connectivity index (χ0) is 24.4. The van der Waals surface area contributed by atoms with Crippen molar-refractivity contribution in [1.29, 1.82) is 0 Å². The minimum atomic E-state index is -0.0573. The number of nitrogens with one attached hydrogen (secondary N) is 1. The zero-order valence-electron chi connectivity index (χ0n) is 20.4. The number of carbonyl (C=O) groups is 1. The van der Waals surface area contributed by atoms with Crippen LogP contribution in [0, 0.1) is 0 Å². The Morgan fingerprint density at radius 1 is 1.14 bits per heavy atom. The lowest BCUT2D eigenvalue weighted by Crippen LogP contribution is -2.40. The van der Waals surface area contributed by atoms with Crippen molar-refractivity contribution in [2.24, 2.45) is 0 Å². The standard InChI is InChI=1S/C29H32ClN3OS/c1-20(2)13-16-32-19-26(34)33(17-14-21-8-4-3-5-9-21)29-27(23-12-15-31-18-25(23)35-29)28(32)22-10-6-7-11-24(22)30/h3-11,13,28,31H,12,14-19H2,1-2H3. The smallest absolute Gasteiger partial charge is 0.241 e. The summed E-state index contributed by atoms with van der Waals surface area (Å²) in [5, 5.41) is 5.38. The Bertz CT molecular complexity index is 1230. The molecule has 5 rings (SSSR count). The number of hydrogen-bond donors (Lipinski definition) is 1. The second kappa shape index (κ2) is 10.7. The molecule has 1 unspecified atom stereocenters. The number of nitrogens with zero attached hydrogens (tertiary/aromatic N) is 2. The summed E-state index contributed by atoms with van der Waals surface area (Å²) in [6.07, 6.45) is 4.02. The van der Waals surface area contributed by atoms with Gasteiger partial charge in [0.2, 0.25) is 5.91 Å². The normalized spacial score (nSPS) is 18.1. The molecule has 4 nitrogen and oxygen atoms in total. The molecule has 0 saturated carbocycles. The number of fused-ring (bicyclic) bond motifs is 3. The van der Waals surface area contributed by atoms with Crippen molar-refractivity contribution < 1.29 is 4.79 Å². The molecule has 2 aliphatic heterocycles. The maximum Gasteiger partial charge on any atom is 0.241 e. The van der Waals surface area contributed by atoms with E-state index in [-0.39, 0.29) is 11.9 Å². The summed E-state index contributed by atoms with van der Waals surface area (Å²) in [6, 6.07) is 18.5. The number of benzene rings is 2. The van der Waals surface area contributed by atoms with E-state index in [0.717, 1.165) is 41.5 Å². The Hall–Kier alpha value is -2.44. The van der Waals surface area contributed by atoms with E-state index in [1.807, 2.05) is 18.2 Å². The summed E-state index contributed by atoms with van der Waals surface area (Å²) in [7, 11) is 0. The molecule has 1 aromatic heterocycles. The molecule has 35 heavy (non-hydrogen) atoms. The molecule has 0 aliphatic carbocycles. The SMILES string of the molecule is CC(C)=CCN1CC(=O)N(CCc2ccccc2)c2sc3c(c2C1c1ccccc1Cl)CCNC3. The van der Waals surface area contributed by atoms with Crippen LogP contribution in [0.4, 0.5) is 5.00 Å². The summed E-state index contributed by atoms with van der Waals surface area (Å²) in [5.74, 6) is 0.158. The molecule has 3 heterocycles. The van der Waals surface area contributed by atoms with Crippen LogP contribution in [0.15, 0.2) is 66.2 Å². The second-order valence-corrected chi connectivity index (χ2v) is 11.1. The van der Waals surface area contributed by atoms with Gasteiger partial charge in [-0.15, -0.1) is 11.3 Å². The van der Waals surface area contributed by atoms with Gasteiger partial charge in [0.15, 0.2) is 0 Å². The number of hydrogen-bond acceptors (Lipinski definition) is 4. The van der Waals surface area contributed by atoms with Crippen molar-refractivity contribution in [3.63, 3.8) is 0 Å². The van der Waals surface area contributed by atoms with Crippen LogP contribution in [0.2, 0.25) is 5.02 Å². The zero-order valence-corrected chi connectivity index (χ0v) is 22.0. The average molecular weight is 506 g/mol. The van der Waals surface area contributed by atoms with Crippen molar-refractivity contribution >= 4 is 33.8 Å². The molecule has 2 aliphatic rings. The third-order valence-electron chi connectivity index (χ3n) is 6.87. The van der Waals surface area contributed by atoms with Crippen LogP contribution in [-0.4, -0.2) is 37.0 Å². The van der Waals surface area contributed by atoms with Gasteiger partial charge in [0, 0.05) is 35.1 Å². The topological polar surface area (TPSA) is 35.6 Å². The lowest BCUT2D eigenvalue weighted by atomic mass is 9.92. The molecule has 0 bridgehead atoms. The molecule has 1 atom stereocenters. The fourth-order valence-electron chi connectivity index (χ4n) is 5.10. The first-order valence-electron chi connectivity index (χ1n) is 12.3. The number of halogens is 1. The highest BCUT2D eigenvalue weighted by Crippen LogP contribution is 2.48. The fraction of sp³-hybridized carbons (Fsp3) is 0.345. The highest BCUT2D eigenvalue weighted by molar-refractivity contribution is 7.16. The summed E-state index contributed by atoms with van der Waals surface area (Å²) in [6.45, 7) is 7.78. The first-order chi connectivity index (χ1) is 17.0. The minimum Gasteiger partial charge on any atom is -0.312 e. The maximum absolute atomic E-state index is 13.8. The Morgan fingerprint density at radius 3 is 2.69 bits per heavy atom. The molecule has 0 fully saturated rings. The van der Waals surface area contributed by atoms with Crippen molar-refractivity contribution in [2.45, 2.75) is 39.3 Å². The third-order valence-corrected chi connectivity index (χ3v) is 8.49. The van der Waals surface area contributed by atoms with Crippen molar-refractivity contribution in [3.8, 4) is 0 Å². The molecule has 1 N–H and O–H groups in total. The van der Waals surface area contributed by atoms with Gasteiger partial charge in [-0.2, -0.15) is 0 Å². The van der Waals surface area contributed by atoms with Crippen LogP contribution in [0.1, 0.15) is 47.0 Å². The van der Waals surface area contributed by atoms with E-state index >= 15 is 0 Å². The quantitative estimate of drug-likeness (QED) is 0.418. The van der Waals surface area contributed by atoms with E-state index in [9.17, 15) is 4.79 Å². The Morgan fingerprint density at radius 2 is 1.91 bits per heavy atom. The Kier molecular flexibility index (Phi) is 7.40. The van der Waals surface area contributed by atoms with Gasteiger partial charge in [-0.25, -0.2) is 0 Å². The van der Waals surface area contributed by atoms with Gasteiger partial charge in [-0.1, -0.05) is 71.8 Å². The molecular weight excluding hydrogens is 474 g/mol. The molecular formula is C29H32ClN3OS. The van der Waals surface area contributed by atoms with E-state index in [1.165, 1.54) is 27.1 Å². The van der Waals surface area contributed by atoms with E-state index in [2.05, 4.69) is 71.4 Å². The first kappa shape index (κ1) is 24.3. The molecule has 0 radical (unpaired) electrons.